The maximum atomic E-state index is 5.17. The zero-order valence-corrected chi connectivity index (χ0v) is 5.97. The number of hydrogen-bond acceptors (Lipinski definition) is 2. The normalized spacial score (nSPS) is 18.8. The monoisotopic (exact) mass is 137 g/mol. The topological polar surface area (TPSA) is 21.6 Å². The van der Waals surface area contributed by atoms with Crippen molar-refractivity contribution >= 4 is 6.72 Å². The molecular weight excluding hydrogens is 126 g/mol. The average molecular weight is 137 g/mol. The van der Waals surface area contributed by atoms with Crippen molar-refractivity contribution in [1.29, 1.82) is 0 Å². The van der Waals surface area contributed by atoms with Crippen molar-refractivity contribution in [2.75, 3.05) is 13.2 Å². The largest absolute Gasteiger partial charge is 0.375 e. The standard InChI is InChI=1S/C8H11NO/c1-3-7-4-5-10-6-8(7)9-2/h3H,1-2,4-6H2. The summed E-state index contributed by atoms with van der Waals surface area (Å²) in [5, 5.41) is 0. The van der Waals surface area contributed by atoms with Crippen LogP contribution in [0.3, 0.4) is 0 Å². The zero-order valence-electron chi connectivity index (χ0n) is 5.97. The molecule has 0 saturated heterocycles. The van der Waals surface area contributed by atoms with Gasteiger partial charge in [0.2, 0.25) is 0 Å². The van der Waals surface area contributed by atoms with Gasteiger partial charge in [-0.25, -0.2) is 0 Å². The third-order valence-corrected chi connectivity index (χ3v) is 1.56. The van der Waals surface area contributed by atoms with Crippen LogP contribution in [-0.4, -0.2) is 19.9 Å². The fraction of sp³-hybridized carbons (Fsp3) is 0.375. The molecule has 0 aliphatic carbocycles. The van der Waals surface area contributed by atoms with E-state index in [0.29, 0.717) is 6.61 Å². The van der Waals surface area contributed by atoms with E-state index in [0.717, 1.165) is 18.7 Å². The van der Waals surface area contributed by atoms with Crippen LogP contribution in [0.5, 0.6) is 0 Å². The Morgan fingerprint density at radius 1 is 1.60 bits per heavy atom. The van der Waals surface area contributed by atoms with E-state index in [2.05, 4.69) is 18.3 Å². The van der Waals surface area contributed by atoms with Crippen LogP contribution in [0.4, 0.5) is 0 Å². The molecule has 1 heterocycles. The fourth-order valence-corrected chi connectivity index (χ4v) is 0.955. The van der Waals surface area contributed by atoms with E-state index in [1.54, 1.807) is 0 Å². The first-order valence-electron chi connectivity index (χ1n) is 3.27. The zero-order chi connectivity index (χ0) is 7.40. The van der Waals surface area contributed by atoms with Crippen molar-refractivity contribution < 1.29 is 4.74 Å². The molecule has 54 valence electrons. The van der Waals surface area contributed by atoms with Crippen LogP contribution in [0.2, 0.25) is 0 Å². The van der Waals surface area contributed by atoms with Crippen molar-refractivity contribution in [3.8, 4) is 0 Å². The van der Waals surface area contributed by atoms with Gasteiger partial charge in [0, 0.05) is 0 Å². The second kappa shape index (κ2) is 3.32. The predicted molar refractivity (Wildman–Crippen MR) is 42.2 cm³/mol. The minimum atomic E-state index is 0.588. The van der Waals surface area contributed by atoms with Crippen molar-refractivity contribution in [1.82, 2.24) is 0 Å². The molecule has 0 amide bonds. The lowest BCUT2D eigenvalue weighted by Crippen LogP contribution is -2.08. The first-order valence-corrected chi connectivity index (χ1v) is 3.27. The van der Waals surface area contributed by atoms with Gasteiger partial charge in [-0.1, -0.05) is 12.7 Å². The Hall–Kier alpha value is -0.890. The van der Waals surface area contributed by atoms with Gasteiger partial charge in [-0.2, -0.15) is 0 Å². The van der Waals surface area contributed by atoms with Gasteiger partial charge in [-0.15, -0.1) is 0 Å². The summed E-state index contributed by atoms with van der Waals surface area (Å²) in [6.45, 7) is 8.49. The second-order valence-electron chi connectivity index (χ2n) is 2.14. The third kappa shape index (κ3) is 1.33. The SMILES string of the molecule is C=CC1=C(N=C)COCC1. The number of ether oxygens (including phenoxy) is 1. The lowest BCUT2D eigenvalue weighted by atomic mass is 10.1. The first-order chi connectivity index (χ1) is 4.88. The van der Waals surface area contributed by atoms with Crippen LogP contribution in [0.15, 0.2) is 28.9 Å². The molecule has 1 rings (SSSR count). The number of nitrogens with zero attached hydrogens (tertiary/aromatic N) is 1. The summed E-state index contributed by atoms with van der Waals surface area (Å²) in [7, 11) is 0. The highest BCUT2D eigenvalue weighted by Gasteiger charge is 2.07. The minimum Gasteiger partial charge on any atom is -0.375 e. The van der Waals surface area contributed by atoms with E-state index in [-0.39, 0.29) is 0 Å². The van der Waals surface area contributed by atoms with Gasteiger partial charge in [-0.3, -0.25) is 4.99 Å². The smallest absolute Gasteiger partial charge is 0.0890 e. The van der Waals surface area contributed by atoms with Gasteiger partial charge in [0.15, 0.2) is 0 Å². The summed E-state index contributed by atoms with van der Waals surface area (Å²) in [6.07, 6.45) is 2.74. The van der Waals surface area contributed by atoms with E-state index < -0.39 is 0 Å². The van der Waals surface area contributed by atoms with E-state index in [4.69, 9.17) is 4.74 Å². The van der Waals surface area contributed by atoms with Crippen LogP contribution >= 0.6 is 0 Å². The predicted octanol–water partition coefficient (Wildman–Crippen LogP) is 1.55. The number of rotatable bonds is 2. The molecule has 2 nitrogen and oxygen atoms in total. The highest BCUT2D eigenvalue weighted by atomic mass is 16.5. The summed E-state index contributed by atoms with van der Waals surface area (Å²) in [5.74, 6) is 0. The molecule has 10 heavy (non-hydrogen) atoms. The van der Waals surface area contributed by atoms with Crippen LogP contribution in [0.1, 0.15) is 6.42 Å². The Kier molecular flexibility index (Phi) is 2.40. The maximum absolute atomic E-state index is 5.17. The lowest BCUT2D eigenvalue weighted by Gasteiger charge is -2.14. The van der Waals surface area contributed by atoms with Crippen molar-refractivity contribution in [2.45, 2.75) is 6.42 Å². The number of allylic oxidation sites excluding steroid dienone is 1. The van der Waals surface area contributed by atoms with Crippen LogP contribution in [0, 0.1) is 0 Å². The van der Waals surface area contributed by atoms with Crippen molar-refractivity contribution in [2.24, 2.45) is 4.99 Å². The Balaban J connectivity index is 2.81. The molecule has 0 spiro atoms. The molecule has 0 fully saturated rings. The molecule has 0 saturated carbocycles. The average Bonchev–Trinajstić information content (AvgIpc) is 2.04. The summed E-state index contributed by atoms with van der Waals surface area (Å²) in [4.78, 5) is 3.83. The van der Waals surface area contributed by atoms with Crippen LogP contribution in [-0.2, 0) is 4.74 Å². The summed E-state index contributed by atoms with van der Waals surface area (Å²) in [5.41, 5.74) is 2.10. The van der Waals surface area contributed by atoms with E-state index >= 15 is 0 Å². The van der Waals surface area contributed by atoms with E-state index in [1.807, 2.05) is 6.08 Å². The highest BCUT2D eigenvalue weighted by Crippen LogP contribution is 2.16. The first kappa shape index (κ1) is 7.22. The van der Waals surface area contributed by atoms with Crippen LogP contribution in [0.25, 0.3) is 0 Å². The molecule has 0 atom stereocenters. The molecule has 0 unspecified atom stereocenters. The fourth-order valence-electron chi connectivity index (χ4n) is 0.955. The Morgan fingerprint density at radius 2 is 2.40 bits per heavy atom. The summed E-state index contributed by atoms with van der Waals surface area (Å²) >= 11 is 0. The van der Waals surface area contributed by atoms with Gasteiger partial charge in [0.05, 0.1) is 18.9 Å². The Labute approximate surface area is 60.9 Å². The quantitative estimate of drug-likeness (QED) is 0.529. The van der Waals surface area contributed by atoms with Gasteiger partial charge < -0.3 is 4.74 Å². The van der Waals surface area contributed by atoms with E-state index in [9.17, 15) is 0 Å². The summed E-state index contributed by atoms with van der Waals surface area (Å²) < 4.78 is 5.17. The van der Waals surface area contributed by atoms with Gasteiger partial charge in [0.25, 0.3) is 0 Å². The molecule has 0 N–H and O–H groups in total. The van der Waals surface area contributed by atoms with Gasteiger partial charge in [0.1, 0.15) is 0 Å². The second-order valence-corrected chi connectivity index (χ2v) is 2.14. The lowest BCUT2D eigenvalue weighted by molar-refractivity contribution is 0.147. The molecule has 0 aromatic carbocycles. The molecule has 1 aliphatic heterocycles. The molecule has 0 radical (unpaired) electrons. The molecular formula is C8H11NO. The molecule has 0 aromatic rings. The van der Waals surface area contributed by atoms with Gasteiger partial charge >= 0.3 is 0 Å². The Morgan fingerprint density at radius 3 is 2.90 bits per heavy atom. The van der Waals surface area contributed by atoms with Gasteiger partial charge in [-0.05, 0) is 18.7 Å². The number of aliphatic imine (C=N–C) groups is 1. The molecule has 1 aliphatic rings. The number of hydrogen-bond donors (Lipinski definition) is 0. The van der Waals surface area contributed by atoms with Crippen molar-refractivity contribution in [3.05, 3.63) is 23.9 Å². The van der Waals surface area contributed by atoms with Crippen molar-refractivity contribution in [3.63, 3.8) is 0 Å². The maximum Gasteiger partial charge on any atom is 0.0890 e. The summed E-state index contributed by atoms with van der Waals surface area (Å²) in [6, 6.07) is 0. The molecule has 2 heteroatoms. The van der Waals surface area contributed by atoms with E-state index in [1.165, 1.54) is 5.57 Å². The van der Waals surface area contributed by atoms with Crippen LogP contribution < -0.4 is 0 Å². The highest BCUT2D eigenvalue weighted by molar-refractivity contribution is 5.34. The Bertz CT molecular complexity index is 162. The minimum absolute atomic E-state index is 0.588. The third-order valence-electron chi connectivity index (χ3n) is 1.56. The molecule has 0 aromatic heterocycles. The molecule has 0 bridgehead atoms.